The lowest BCUT2D eigenvalue weighted by Crippen LogP contribution is -2.41. The molecule has 0 aliphatic carbocycles. The molecule has 0 radical (unpaired) electrons. The van der Waals surface area contributed by atoms with Crippen LogP contribution in [0.1, 0.15) is 33.3 Å². The first-order valence-corrected chi connectivity index (χ1v) is 8.46. The number of benzene rings is 1. The largest absolute Gasteiger partial charge is 0.491 e. The summed E-state index contributed by atoms with van der Waals surface area (Å²) < 4.78 is 17.7. The number of fused-ring (bicyclic) bond motifs is 1. The van der Waals surface area contributed by atoms with Gasteiger partial charge in [-0.2, -0.15) is 0 Å². The Kier molecular flexibility index (Phi) is 4.62. The molecule has 5 nitrogen and oxygen atoms in total. The third kappa shape index (κ3) is 3.42. The van der Waals surface area contributed by atoms with E-state index in [-0.39, 0.29) is 5.43 Å². The predicted molar refractivity (Wildman–Crippen MR) is 100 cm³/mol. The lowest BCUT2D eigenvalue weighted by Gasteiger charge is -2.32. The van der Waals surface area contributed by atoms with Crippen LogP contribution in [0, 0.1) is 0 Å². The third-order valence-electron chi connectivity index (χ3n) is 4.97. The SMILES string of the molecule is CNCC(=Cc1ccc2occc(=O)c2c1)B1OC(C)(C)C(C)(C)O1. The molecule has 1 N–H and O–H groups in total. The predicted octanol–water partition coefficient (Wildman–Crippen LogP) is 3.03. The summed E-state index contributed by atoms with van der Waals surface area (Å²) >= 11 is 0. The Labute approximate surface area is 148 Å². The second-order valence-electron chi connectivity index (χ2n) is 7.38. The summed E-state index contributed by atoms with van der Waals surface area (Å²) in [6.07, 6.45) is 3.42. The van der Waals surface area contributed by atoms with Gasteiger partial charge in [0, 0.05) is 12.6 Å². The van der Waals surface area contributed by atoms with Crippen molar-refractivity contribution in [2.75, 3.05) is 13.6 Å². The van der Waals surface area contributed by atoms with E-state index in [1.807, 2.05) is 59.0 Å². The van der Waals surface area contributed by atoms with Crippen LogP contribution in [0.15, 0.2) is 45.2 Å². The Balaban J connectivity index is 1.99. The van der Waals surface area contributed by atoms with Crippen molar-refractivity contribution in [3.8, 4) is 0 Å². The highest BCUT2D eigenvalue weighted by Crippen LogP contribution is 2.38. The van der Waals surface area contributed by atoms with Crippen LogP contribution in [-0.2, 0) is 9.31 Å². The van der Waals surface area contributed by atoms with E-state index in [0.29, 0.717) is 17.5 Å². The molecule has 0 bridgehead atoms. The Morgan fingerprint density at radius 3 is 2.48 bits per heavy atom. The molecule has 1 aliphatic heterocycles. The molecule has 0 unspecified atom stereocenters. The first kappa shape index (κ1) is 17.9. The minimum atomic E-state index is -0.430. The van der Waals surface area contributed by atoms with Crippen LogP contribution in [-0.4, -0.2) is 31.9 Å². The summed E-state index contributed by atoms with van der Waals surface area (Å²) in [6, 6.07) is 7.00. The van der Waals surface area contributed by atoms with Crippen molar-refractivity contribution < 1.29 is 13.7 Å². The summed E-state index contributed by atoms with van der Waals surface area (Å²) in [5.41, 5.74) is 1.62. The van der Waals surface area contributed by atoms with Gasteiger partial charge in [-0.15, -0.1) is 0 Å². The quantitative estimate of drug-likeness (QED) is 0.867. The topological polar surface area (TPSA) is 60.7 Å². The Morgan fingerprint density at radius 2 is 1.84 bits per heavy atom. The minimum absolute atomic E-state index is 0.0534. The molecule has 0 spiro atoms. The van der Waals surface area contributed by atoms with Crippen LogP contribution in [0.5, 0.6) is 0 Å². The second-order valence-corrected chi connectivity index (χ2v) is 7.38. The minimum Gasteiger partial charge on any atom is -0.464 e. The fourth-order valence-corrected chi connectivity index (χ4v) is 2.81. The van der Waals surface area contributed by atoms with Crippen molar-refractivity contribution in [3.63, 3.8) is 0 Å². The van der Waals surface area contributed by atoms with Gasteiger partial charge in [0.05, 0.1) is 22.9 Å². The van der Waals surface area contributed by atoms with Gasteiger partial charge < -0.3 is 19.0 Å². The van der Waals surface area contributed by atoms with Crippen LogP contribution in [0.3, 0.4) is 0 Å². The van der Waals surface area contributed by atoms with E-state index in [2.05, 4.69) is 5.32 Å². The van der Waals surface area contributed by atoms with Gasteiger partial charge in [-0.3, -0.25) is 4.79 Å². The van der Waals surface area contributed by atoms with Gasteiger partial charge in [-0.1, -0.05) is 12.1 Å². The van der Waals surface area contributed by atoms with Crippen LogP contribution >= 0.6 is 0 Å². The second kappa shape index (κ2) is 6.44. The van der Waals surface area contributed by atoms with Gasteiger partial charge in [0.1, 0.15) is 5.58 Å². The van der Waals surface area contributed by atoms with Crippen molar-refractivity contribution in [1.29, 1.82) is 0 Å². The highest BCUT2D eigenvalue weighted by Gasteiger charge is 2.52. The molecule has 1 aromatic heterocycles. The van der Waals surface area contributed by atoms with Gasteiger partial charge in [0.25, 0.3) is 0 Å². The van der Waals surface area contributed by atoms with Gasteiger partial charge in [0.15, 0.2) is 5.43 Å². The average molecular weight is 341 g/mol. The molecular weight excluding hydrogens is 317 g/mol. The molecule has 1 aliphatic rings. The van der Waals surface area contributed by atoms with E-state index in [0.717, 1.165) is 11.0 Å². The van der Waals surface area contributed by atoms with Crippen LogP contribution in [0.2, 0.25) is 0 Å². The van der Waals surface area contributed by atoms with E-state index in [1.54, 1.807) is 0 Å². The maximum absolute atomic E-state index is 12.0. The number of likely N-dealkylation sites (N-methyl/N-ethyl adjacent to an activating group) is 1. The molecule has 3 rings (SSSR count). The van der Waals surface area contributed by atoms with Crippen LogP contribution in [0.4, 0.5) is 0 Å². The summed E-state index contributed by atoms with van der Waals surface area (Å²) in [5, 5.41) is 3.72. The van der Waals surface area contributed by atoms with E-state index in [4.69, 9.17) is 13.7 Å². The first-order valence-electron chi connectivity index (χ1n) is 8.46. The summed E-state index contributed by atoms with van der Waals surface area (Å²) in [4.78, 5) is 12.0. The zero-order chi connectivity index (χ0) is 18.2. The number of nitrogens with one attached hydrogen (secondary N) is 1. The highest BCUT2D eigenvalue weighted by molar-refractivity contribution is 6.55. The monoisotopic (exact) mass is 341 g/mol. The molecule has 1 aromatic carbocycles. The van der Waals surface area contributed by atoms with Crippen LogP contribution < -0.4 is 10.7 Å². The lowest BCUT2D eigenvalue weighted by atomic mass is 9.77. The lowest BCUT2D eigenvalue weighted by molar-refractivity contribution is 0.00578. The van der Waals surface area contributed by atoms with Gasteiger partial charge in [-0.05, 0) is 57.9 Å². The van der Waals surface area contributed by atoms with Crippen molar-refractivity contribution in [3.05, 3.63) is 51.8 Å². The molecule has 2 aromatic rings. The van der Waals surface area contributed by atoms with Gasteiger partial charge in [-0.25, -0.2) is 0 Å². The smallest absolute Gasteiger partial charge is 0.464 e. The molecule has 0 amide bonds. The summed E-state index contributed by atoms with van der Waals surface area (Å²) in [5.74, 6) is 0. The fourth-order valence-electron chi connectivity index (χ4n) is 2.81. The molecule has 25 heavy (non-hydrogen) atoms. The first-order chi connectivity index (χ1) is 11.7. The highest BCUT2D eigenvalue weighted by atomic mass is 16.7. The van der Waals surface area contributed by atoms with Crippen molar-refractivity contribution in [1.82, 2.24) is 5.32 Å². The van der Waals surface area contributed by atoms with E-state index < -0.39 is 18.3 Å². The van der Waals surface area contributed by atoms with E-state index >= 15 is 0 Å². The normalized spacial score (nSPS) is 19.6. The number of hydrogen-bond donors (Lipinski definition) is 1. The molecular formula is C19H24BNO4. The Morgan fingerprint density at radius 1 is 1.16 bits per heavy atom. The molecule has 132 valence electrons. The Hall–Kier alpha value is -1.89. The Bertz CT molecular complexity index is 853. The fraction of sp³-hybridized carbons (Fsp3) is 0.421. The van der Waals surface area contributed by atoms with E-state index in [1.165, 1.54) is 12.3 Å². The van der Waals surface area contributed by atoms with E-state index in [9.17, 15) is 4.79 Å². The molecule has 0 saturated carbocycles. The molecule has 1 fully saturated rings. The summed E-state index contributed by atoms with van der Waals surface area (Å²) in [6.45, 7) is 8.76. The standard InChI is InChI=1S/C19H24BNO4/c1-18(2)19(3,4)25-20(24-18)14(12-21-5)10-13-6-7-17-15(11-13)16(22)8-9-23-17/h6-11,21H,12H2,1-5H3. The zero-order valence-corrected chi connectivity index (χ0v) is 15.4. The van der Waals surface area contributed by atoms with Crippen molar-refractivity contribution >= 4 is 24.2 Å². The zero-order valence-electron chi connectivity index (χ0n) is 15.4. The van der Waals surface area contributed by atoms with Crippen LogP contribution in [0.25, 0.3) is 17.0 Å². The number of rotatable bonds is 4. The number of hydrogen-bond acceptors (Lipinski definition) is 5. The summed E-state index contributed by atoms with van der Waals surface area (Å²) in [7, 11) is 1.45. The maximum atomic E-state index is 12.0. The van der Waals surface area contributed by atoms with Gasteiger partial charge in [0.2, 0.25) is 0 Å². The average Bonchev–Trinajstić information content (AvgIpc) is 2.76. The third-order valence-corrected chi connectivity index (χ3v) is 4.97. The van der Waals surface area contributed by atoms with Crippen molar-refractivity contribution in [2.24, 2.45) is 0 Å². The molecule has 2 heterocycles. The molecule has 0 atom stereocenters. The molecule has 1 saturated heterocycles. The maximum Gasteiger partial charge on any atom is 0.491 e. The van der Waals surface area contributed by atoms with Gasteiger partial charge >= 0.3 is 7.12 Å². The van der Waals surface area contributed by atoms with Crippen molar-refractivity contribution in [2.45, 2.75) is 38.9 Å². The molecule has 6 heteroatoms.